The molecule has 7 heteroatoms. The Hall–Kier alpha value is -1.66. The molecule has 0 bridgehead atoms. The maximum absolute atomic E-state index is 12.2. The molecule has 0 saturated carbocycles. The van der Waals surface area contributed by atoms with Crippen LogP contribution < -0.4 is 10.1 Å². The van der Waals surface area contributed by atoms with E-state index in [1.165, 1.54) is 24.8 Å². The number of aromatic nitrogens is 1. The second-order valence-electron chi connectivity index (χ2n) is 3.71. The predicted octanol–water partition coefficient (Wildman–Crippen LogP) is 3.22. The largest absolute Gasteiger partial charge is 0.451 e. The molecule has 0 saturated heterocycles. The fourth-order valence-corrected chi connectivity index (χ4v) is 1.74. The van der Waals surface area contributed by atoms with Crippen molar-refractivity contribution in [2.45, 2.75) is 19.7 Å². The van der Waals surface area contributed by atoms with Crippen molar-refractivity contribution >= 4 is 11.6 Å². The van der Waals surface area contributed by atoms with Gasteiger partial charge in [-0.2, -0.15) is 8.78 Å². The van der Waals surface area contributed by atoms with Gasteiger partial charge in [-0.3, -0.25) is 0 Å². The van der Waals surface area contributed by atoms with Crippen LogP contribution >= 0.6 is 11.6 Å². The van der Waals surface area contributed by atoms with E-state index in [1.54, 1.807) is 6.07 Å². The summed E-state index contributed by atoms with van der Waals surface area (Å²) in [5.41, 5.74) is 1.27. The lowest BCUT2D eigenvalue weighted by molar-refractivity contribution is -0.0505. The molecule has 0 spiro atoms. The predicted molar refractivity (Wildman–Crippen MR) is 65.1 cm³/mol. The van der Waals surface area contributed by atoms with E-state index in [0.29, 0.717) is 23.7 Å². The summed E-state index contributed by atoms with van der Waals surface area (Å²) in [6.07, 6.45) is 2.82. The number of halogens is 3. The van der Waals surface area contributed by atoms with Crippen LogP contribution in [0.5, 0.6) is 5.75 Å². The molecule has 19 heavy (non-hydrogen) atoms. The Morgan fingerprint density at radius 2 is 2.21 bits per heavy atom. The van der Waals surface area contributed by atoms with Crippen molar-refractivity contribution in [2.75, 3.05) is 0 Å². The van der Waals surface area contributed by atoms with Gasteiger partial charge in [-0.05, 0) is 18.2 Å². The van der Waals surface area contributed by atoms with Crippen LogP contribution in [0.25, 0.3) is 0 Å². The van der Waals surface area contributed by atoms with Crippen molar-refractivity contribution in [1.82, 2.24) is 10.3 Å². The maximum atomic E-state index is 12.2. The number of rotatable bonds is 6. The van der Waals surface area contributed by atoms with Crippen LogP contribution in [0.4, 0.5) is 8.78 Å². The van der Waals surface area contributed by atoms with E-state index in [1.807, 2.05) is 0 Å². The Labute approximate surface area is 113 Å². The quantitative estimate of drug-likeness (QED) is 0.886. The number of alkyl halides is 2. The Balaban J connectivity index is 1.99. The number of nitrogens with one attached hydrogen (secondary N) is 1. The minimum atomic E-state index is -2.87. The summed E-state index contributed by atoms with van der Waals surface area (Å²) in [6, 6.07) is 4.50. The highest BCUT2D eigenvalue weighted by Gasteiger charge is 2.10. The standard InChI is InChI=1S/C12H11ClF2N2O2/c13-9-1-2-11(19-12(14)15)8(3-9)4-16-5-10-6-18-7-17-10/h1-3,6-7,12,16H,4-5H2. The number of hydrogen-bond donors (Lipinski definition) is 1. The molecule has 0 aliphatic carbocycles. The number of hydrogen-bond acceptors (Lipinski definition) is 4. The van der Waals surface area contributed by atoms with E-state index in [9.17, 15) is 8.78 Å². The van der Waals surface area contributed by atoms with Crippen molar-refractivity contribution in [3.63, 3.8) is 0 Å². The van der Waals surface area contributed by atoms with E-state index in [0.717, 1.165) is 5.69 Å². The molecule has 1 heterocycles. The fourth-order valence-electron chi connectivity index (χ4n) is 1.55. The first-order valence-corrected chi connectivity index (χ1v) is 5.84. The van der Waals surface area contributed by atoms with E-state index in [4.69, 9.17) is 16.0 Å². The van der Waals surface area contributed by atoms with Crippen molar-refractivity contribution in [2.24, 2.45) is 0 Å². The van der Waals surface area contributed by atoms with Crippen LogP contribution in [-0.4, -0.2) is 11.6 Å². The first kappa shape index (κ1) is 13.8. The summed E-state index contributed by atoms with van der Waals surface area (Å²) in [7, 11) is 0. The van der Waals surface area contributed by atoms with Crippen LogP contribution in [-0.2, 0) is 13.1 Å². The average Bonchev–Trinajstić information content (AvgIpc) is 2.85. The number of ether oxygens (including phenoxy) is 1. The molecular formula is C12H11ClF2N2O2. The van der Waals surface area contributed by atoms with E-state index in [-0.39, 0.29) is 5.75 Å². The van der Waals surface area contributed by atoms with Gasteiger partial charge in [0.05, 0.1) is 5.69 Å². The highest BCUT2D eigenvalue weighted by molar-refractivity contribution is 6.30. The molecule has 1 N–H and O–H groups in total. The average molecular weight is 289 g/mol. The van der Waals surface area contributed by atoms with Gasteiger partial charge in [0.1, 0.15) is 12.0 Å². The first-order chi connectivity index (χ1) is 9.15. The Kier molecular flexibility index (Phi) is 4.70. The van der Waals surface area contributed by atoms with Crippen LogP contribution in [0, 0.1) is 0 Å². The van der Waals surface area contributed by atoms with Crippen LogP contribution in [0.1, 0.15) is 11.3 Å². The summed E-state index contributed by atoms with van der Waals surface area (Å²) >= 11 is 5.83. The number of benzene rings is 1. The molecule has 102 valence electrons. The second-order valence-corrected chi connectivity index (χ2v) is 4.15. The Morgan fingerprint density at radius 3 is 2.89 bits per heavy atom. The van der Waals surface area contributed by atoms with Gasteiger partial charge in [0.2, 0.25) is 0 Å². The topological polar surface area (TPSA) is 47.3 Å². The van der Waals surface area contributed by atoms with E-state index in [2.05, 4.69) is 15.0 Å². The van der Waals surface area contributed by atoms with Crippen molar-refractivity contribution in [3.8, 4) is 5.75 Å². The minimum Gasteiger partial charge on any atom is -0.451 e. The second kappa shape index (κ2) is 6.49. The van der Waals surface area contributed by atoms with Gasteiger partial charge in [-0.1, -0.05) is 11.6 Å². The molecule has 1 aromatic carbocycles. The van der Waals surface area contributed by atoms with Crippen LogP contribution in [0.3, 0.4) is 0 Å². The minimum absolute atomic E-state index is 0.104. The van der Waals surface area contributed by atoms with Crippen molar-refractivity contribution < 1.29 is 17.9 Å². The zero-order valence-corrected chi connectivity index (χ0v) is 10.5. The molecule has 0 aliphatic heterocycles. The molecule has 0 unspecified atom stereocenters. The smallest absolute Gasteiger partial charge is 0.387 e. The summed E-state index contributed by atoms with van der Waals surface area (Å²) in [4.78, 5) is 3.93. The normalized spacial score (nSPS) is 10.9. The fraction of sp³-hybridized carbons (Fsp3) is 0.250. The van der Waals surface area contributed by atoms with Crippen molar-refractivity contribution in [1.29, 1.82) is 0 Å². The SMILES string of the molecule is FC(F)Oc1ccc(Cl)cc1CNCc1cocn1. The Bertz CT molecular complexity index is 520. The van der Waals surface area contributed by atoms with Gasteiger partial charge in [0.15, 0.2) is 6.39 Å². The molecule has 2 rings (SSSR count). The highest BCUT2D eigenvalue weighted by Crippen LogP contribution is 2.24. The summed E-state index contributed by atoms with van der Waals surface area (Å²) < 4.78 is 33.7. The van der Waals surface area contributed by atoms with Gasteiger partial charge in [-0.25, -0.2) is 4.98 Å². The van der Waals surface area contributed by atoms with Gasteiger partial charge >= 0.3 is 6.61 Å². The molecule has 4 nitrogen and oxygen atoms in total. The third kappa shape index (κ3) is 4.18. The van der Waals surface area contributed by atoms with Gasteiger partial charge < -0.3 is 14.5 Å². The lowest BCUT2D eigenvalue weighted by Gasteiger charge is -2.11. The van der Waals surface area contributed by atoms with Crippen molar-refractivity contribution in [3.05, 3.63) is 47.1 Å². The zero-order chi connectivity index (χ0) is 13.7. The Morgan fingerprint density at radius 1 is 1.37 bits per heavy atom. The molecule has 0 atom stereocenters. The van der Waals surface area contributed by atoms with E-state index >= 15 is 0 Å². The summed E-state index contributed by atoms with van der Waals surface area (Å²) in [5, 5.41) is 3.50. The summed E-state index contributed by atoms with van der Waals surface area (Å²) in [6.45, 7) is -2.08. The van der Waals surface area contributed by atoms with E-state index < -0.39 is 6.61 Å². The molecule has 0 amide bonds. The highest BCUT2D eigenvalue weighted by atomic mass is 35.5. The number of oxazole rings is 1. The number of nitrogens with zero attached hydrogens (tertiary/aromatic N) is 1. The molecule has 0 fully saturated rings. The van der Waals surface area contributed by atoms with Gasteiger partial charge in [0.25, 0.3) is 0 Å². The summed E-state index contributed by atoms with van der Waals surface area (Å²) in [5.74, 6) is 0.104. The zero-order valence-electron chi connectivity index (χ0n) is 9.78. The molecule has 1 aromatic heterocycles. The van der Waals surface area contributed by atoms with Gasteiger partial charge in [0, 0.05) is 23.7 Å². The lowest BCUT2D eigenvalue weighted by atomic mass is 10.2. The molecular weight excluding hydrogens is 278 g/mol. The van der Waals surface area contributed by atoms with Crippen LogP contribution in [0.2, 0.25) is 5.02 Å². The van der Waals surface area contributed by atoms with Crippen LogP contribution in [0.15, 0.2) is 35.3 Å². The lowest BCUT2D eigenvalue weighted by Crippen LogP contribution is -2.14. The third-order valence-electron chi connectivity index (χ3n) is 2.34. The molecule has 2 aromatic rings. The molecule has 0 aliphatic rings. The molecule has 0 radical (unpaired) electrons. The maximum Gasteiger partial charge on any atom is 0.387 e. The monoisotopic (exact) mass is 288 g/mol. The van der Waals surface area contributed by atoms with Gasteiger partial charge in [-0.15, -0.1) is 0 Å². The third-order valence-corrected chi connectivity index (χ3v) is 2.58. The first-order valence-electron chi connectivity index (χ1n) is 5.46.